The molecule has 27 heteroatoms. The van der Waals surface area contributed by atoms with E-state index in [2.05, 4.69) is 57.8 Å². The number of amides is 5. The number of benzene rings is 2. The molecule has 0 bridgehead atoms. The third kappa shape index (κ3) is 13.9. The predicted molar refractivity (Wildman–Crippen MR) is 281 cm³/mol. The van der Waals surface area contributed by atoms with Crippen molar-refractivity contribution in [3.05, 3.63) is 111 Å². The number of piperidine rings is 1. The van der Waals surface area contributed by atoms with Gasteiger partial charge in [-0.25, -0.2) is 14.6 Å². The van der Waals surface area contributed by atoms with Crippen LogP contribution in [0.4, 0.5) is 24.7 Å². The van der Waals surface area contributed by atoms with E-state index in [1.165, 1.54) is 18.5 Å². The van der Waals surface area contributed by atoms with Gasteiger partial charge in [-0.1, -0.05) is 17.3 Å². The van der Waals surface area contributed by atoms with Crippen LogP contribution >= 0.6 is 11.3 Å². The largest absolute Gasteiger partial charge is 0.393 e. The number of thiophene rings is 1. The monoisotopic (exact) mass is 1110 g/mol. The van der Waals surface area contributed by atoms with Gasteiger partial charge < -0.3 is 34.7 Å². The summed E-state index contributed by atoms with van der Waals surface area (Å²) in [5, 5.41) is 38.2. The number of rotatable bonds is 28. The summed E-state index contributed by atoms with van der Waals surface area (Å²) in [6, 6.07) is 13.4. The lowest BCUT2D eigenvalue weighted by Gasteiger charge is -2.27. The molecule has 0 aliphatic carbocycles. The number of H-pyrrole nitrogens is 1. The van der Waals surface area contributed by atoms with Crippen molar-refractivity contribution in [3.8, 4) is 6.07 Å². The number of halogens is 3. The Balaban J connectivity index is 0.695. The van der Waals surface area contributed by atoms with Crippen LogP contribution in [0.5, 0.6) is 0 Å². The maximum absolute atomic E-state index is 13.6. The Bertz CT molecular complexity index is 3370. The van der Waals surface area contributed by atoms with E-state index in [9.17, 15) is 42.4 Å². The van der Waals surface area contributed by atoms with Crippen LogP contribution in [0, 0.1) is 18.3 Å². The average molecular weight is 1110 g/mol. The van der Waals surface area contributed by atoms with Crippen molar-refractivity contribution in [2.45, 2.75) is 71.0 Å². The molecule has 23 nitrogen and oxygen atoms in total. The van der Waals surface area contributed by atoms with Gasteiger partial charge >= 0.3 is 6.18 Å². The first-order valence-electron chi connectivity index (χ1n) is 25.5. The average Bonchev–Trinajstić information content (AvgIpc) is 4.47. The molecule has 0 saturated carbocycles. The minimum Gasteiger partial charge on any atom is -0.382 e. The van der Waals surface area contributed by atoms with Gasteiger partial charge in [0.1, 0.15) is 40.5 Å². The number of aromatic amines is 1. The minimum atomic E-state index is -4.35. The number of alkyl halides is 3. The normalized spacial score (nSPS) is 14.6. The van der Waals surface area contributed by atoms with Gasteiger partial charge in [0.25, 0.3) is 11.8 Å². The molecule has 2 aromatic carbocycles. The van der Waals surface area contributed by atoms with Crippen molar-refractivity contribution < 1.29 is 51.4 Å². The lowest BCUT2D eigenvalue weighted by Crippen LogP contribution is -2.54. The molecule has 5 aromatic heterocycles. The number of ether oxygens (including phenoxy) is 3. The molecule has 9 rings (SSSR count). The molecule has 1 atom stereocenters. The molecule has 0 spiro atoms. The Hall–Kier alpha value is -8.16. The van der Waals surface area contributed by atoms with Gasteiger partial charge in [-0.05, 0) is 61.2 Å². The molecule has 1 saturated heterocycles. The fourth-order valence-electron chi connectivity index (χ4n) is 9.39. The van der Waals surface area contributed by atoms with Crippen molar-refractivity contribution in [2.75, 3.05) is 76.5 Å². The van der Waals surface area contributed by atoms with Crippen molar-refractivity contribution in [2.24, 2.45) is 0 Å². The lowest BCUT2D eigenvalue weighted by atomic mass is 10.0. The highest BCUT2D eigenvalue weighted by Gasteiger charge is 2.45. The Morgan fingerprint density at radius 1 is 0.975 bits per heavy atom. The second-order valence-electron chi connectivity index (χ2n) is 18.7. The number of hydrogen-bond acceptors (Lipinski definition) is 18. The van der Waals surface area contributed by atoms with Gasteiger partial charge in [-0.15, -0.1) is 16.4 Å². The number of carbonyl (C=O) groups excluding carboxylic acids is 5. The number of fused-ring (bicyclic) bond motifs is 3. The summed E-state index contributed by atoms with van der Waals surface area (Å²) in [4.78, 5) is 76.0. The van der Waals surface area contributed by atoms with Crippen molar-refractivity contribution >= 4 is 73.5 Å². The summed E-state index contributed by atoms with van der Waals surface area (Å²) in [6.45, 7) is 6.56. The van der Waals surface area contributed by atoms with E-state index >= 15 is 0 Å². The lowest BCUT2D eigenvalue weighted by molar-refractivity contribution is -0.136. The molecule has 7 aromatic rings. The highest BCUT2D eigenvalue weighted by Crippen LogP contribution is 2.34. The van der Waals surface area contributed by atoms with Crippen LogP contribution in [0.2, 0.25) is 0 Å². The fraction of sp³-hybridized carbons (Fsp3) is 0.404. The molecule has 0 radical (unpaired) electrons. The zero-order chi connectivity index (χ0) is 55.5. The first-order valence-corrected chi connectivity index (χ1v) is 26.3. The quantitative estimate of drug-likeness (QED) is 0.0334. The van der Waals surface area contributed by atoms with Gasteiger partial charge in [-0.3, -0.25) is 44.2 Å². The molecule has 1 unspecified atom stereocenters. The number of hydrogen-bond donors (Lipinski definition) is 5. The van der Waals surface area contributed by atoms with Crippen molar-refractivity contribution in [1.29, 1.82) is 5.26 Å². The molecule has 79 heavy (non-hydrogen) atoms. The number of aromatic nitrogens is 8. The minimum absolute atomic E-state index is 0.0369. The van der Waals surface area contributed by atoms with Crippen LogP contribution in [0.1, 0.15) is 72.9 Å². The van der Waals surface area contributed by atoms with Gasteiger partial charge in [0.05, 0.1) is 101 Å². The number of anilines is 2. The summed E-state index contributed by atoms with van der Waals surface area (Å²) >= 11 is 0.982. The summed E-state index contributed by atoms with van der Waals surface area (Å²) in [5.74, 6) is -2.09. The highest BCUT2D eigenvalue weighted by molar-refractivity contribution is 7.18. The first kappa shape index (κ1) is 55.6. The molecule has 1 fully saturated rings. The molecule has 7 heterocycles. The predicted octanol–water partition coefficient (Wildman–Crippen LogP) is 4.48. The van der Waals surface area contributed by atoms with Gasteiger partial charge in [0.2, 0.25) is 17.7 Å². The topological polar surface area (TPSA) is 282 Å². The van der Waals surface area contributed by atoms with Crippen LogP contribution in [-0.2, 0) is 61.2 Å². The molecular formula is C52H56F3N15O8S. The van der Waals surface area contributed by atoms with E-state index in [-0.39, 0.29) is 54.4 Å². The zero-order valence-corrected chi connectivity index (χ0v) is 43.8. The molecular weight excluding hydrogens is 1050 g/mol. The van der Waals surface area contributed by atoms with Crippen molar-refractivity contribution in [1.82, 2.24) is 60.2 Å². The second kappa shape index (κ2) is 25.5. The van der Waals surface area contributed by atoms with Gasteiger partial charge in [0, 0.05) is 65.8 Å². The van der Waals surface area contributed by atoms with Crippen LogP contribution in [0.15, 0.2) is 67.4 Å². The van der Waals surface area contributed by atoms with E-state index in [0.29, 0.717) is 112 Å². The smallest absolute Gasteiger partial charge is 0.382 e. The Kier molecular flexibility index (Phi) is 18.0. The SMILES string of the molecule is Cc1c(CN(CCCNc2ncnc3sc(CC(F)(F)F)cc23)CC(=O)NCc2cn(CCOCCOCCOCCNc3cccc4c3C(=O)N(C3CCC(=O)NC3=O)C4=O)nn2)ccc2c1cc(C#N)n2Cc1cn[nH]c1. The number of carbonyl (C=O) groups is 5. The van der Waals surface area contributed by atoms with E-state index in [0.717, 1.165) is 43.8 Å². The van der Waals surface area contributed by atoms with Crippen LogP contribution in [0.25, 0.3) is 21.1 Å². The number of nitrogens with zero attached hydrogens (tertiary/aromatic N) is 10. The molecule has 2 aliphatic rings. The van der Waals surface area contributed by atoms with Crippen LogP contribution < -0.4 is 21.3 Å². The Morgan fingerprint density at radius 2 is 1.78 bits per heavy atom. The van der Waals surface area contributed by atoms with Gasteiger partial charge in [-0.2, -0.15) is 23.5 Å². The maximum atomic E-state index is 13.6. The highest BCUT2D eigenvalue weighted by atomic mass is 32.1. The third-order valence-electron chi connectivity index (χ3n) is 13.2. The van der Waals surface area contributed by atoms with E-state index in [1.54, 1.807) is 35.4 Å². The van der Waals surface area contributed by atoms with E-state index in [1.807, 2.05) is 34.6 Å². The number of imide groups is 2. The summed E-state index contributed by atoms with van der Waals surface area (Å²) < 4.78 is 60.0. The van der Waals surface area contributed by atoms with Crippen molar-refractivity contribution in [3.63, 3.8) is 0 Å². The standard InChI is InChI=1S/C52H56F3N15O8S/c1-32-34(6-7-42-39(32)20-36(23-56)69(42)27-33-24-62-63-25-33)28-67(12-3-10-58-47-40-21-37(22-52(53,54)55)79-49(40)61-31-60-47)30-45(72)59-26-35-29-68(66-65-35)13-15-77-17-19-78-18-16-76-14-11-57-41-5-2-4-38-46(41)51(75)70(50(38)74)43-8-9-44(71)64-48(43)73/h2,4-7,20-21,24-25,29,31,43,57H,3,8-19,22,26-28,30H2,1H3,(H,59,72)(H,62,63)(H,58,60,61)(H,64,71,73). The van der Waals surface area contributed by atoms with Gasteiger partial charge in [0.15, 0.2) is 0 Å². The molecule has 414 valence electrons. The molecule has 5 N–H and O–H groups in total. The summed E-state index contributed by atoms with van der Waals surface area (Å²) in [7, 11) is 0. The molecule has 2 aliphatic heterocycles. The zero-order valence-electron chi connectivity index (χ0n) is 42.9. The van der Waals surface area contributed by atoms with E-state index in [4.69, 9.17) is 14.2 Å². The number of nitrogens with one attached hydrogen (secondary N) is 5. The molecule has 5 amide bonds. The van der Waals surface area contributed by atoms with E-state index < -0.39 is 42.3 Å². The fourth-order valence-corrected chi connectivity index (χ4v) is 10.4. The summed E-state index contributed by atoms with van der Waals surface area (Å²) in [5.41, 5.74) is 5.62. The Labute approximate surface area is 453 Å². The third-order valence-corrected chi connectivity index (χ3v) is 14.3. The summed E-state index contributed by atoms with van der Waals surface area (Å²) in [6.07, 6.45) is 1.83. The first-order chi connectivity index (χ1) is 38.2. The second-order valence-corrected chi connectivity index (χ2v) is 19.9. The number of nitriles is 1. The number of aryl methyl sites for hydroxylation is 1. The van der Waals surface area contributed by atoms with Crippen LogP contribution in [0.3, 0.4) is 0 Å². The maximum Gasteiger partial charge on any atom is 0.393 e. The Morgan fingerprint density at radius 3 is 2.56 bits per heavy atom. The van der Waals surface area contributed by atoms with Crippen LogP contribution in [-0.4, -0.2) is 157 Å².